The summed E-state index contributed by atoms with van der Waals surface area (Å²) in [6.45, 7) is 12.7. The number of hydrogen-bond acceptors (Lipinski definition) is 6. The third-order valence-electron chi connectivity index (χ3n) is 6.50. The molecule has 2 aromatic rings. The fraction of sp³-hybridized carbons (Fsp3) is 0.440. The molecule has 0 spiro atoms. The van der Waals surface area contributed by atoms with Gasteiger partial charge in [-0.15, -0.1) is 0 Å². The molecule has 0 bridgehead atoms. The van der Waals surface area contributed by atoms with E-state index in [0.29, 0.717) is 42.1 Å². The van der Waals surface area contributed by atoms with Gasteiger partial charge in [0.1, 0.15) is 0 Å². The molecular weight excluding hydrogens is 468 g/mol. The van der Waals surface area contributed by atoms with E-state index in [9.17, 15) is 18.0 Å². The summed E-state index contributed by atoms with van der Waals surface area (Å²) in [5, 5.41) is 0.806. The Morgan fingerprint density at radius 2 is 1.91 bits per heavy atom. The first-order valence-corrected chi connectivity index (χ1v) is 13.2. The first-order valence-electron chi connectivity index (χ1n) is 11.6. The predicted octanol–water partition coefficient (Wildman–Crippen LogP) is 2.88. The van der Waals surface area contributed by atoms with Gasteiger partial charge in [0, 0.05) is 65.7 Å². The SMILES string of the molecule is C=CS(=O)(=O)Nc1cc(C(N)=O)c(C)c(N(CC)C2CCOCC2)c1Cc1c(C)cc(C)[nH]c1=O. The van der Waals surface area contributed by atoms with Gasteiger partial charge in [-0.1, -0.05) is 6.58 Å². The van der Waals surface area contributed by atoms with Crippen molar-refractivity contribution < 1.29 is 17.9 Å². The molecule has 0 atom stereocenters. The van der Waals surface area contributed by atoms with Crippen molar-refractivity contribution in [1.29, 1.82) is 0 Å². The largest absolute Gasteiger partial charge is 0.381 e. The van der Waals surface area contributed by atoms with Crippen molar-refractivity contribution in [2.24, 2.45) is 5.73 Å². The third kappa shape index (κ3) is 5.76. The number of nitrogens with one attached hydrogen (secondary N) is 2. The Kier molecular flexibility index (Phi) is 8.07. The number of primary amides is 1. The van der Waals surface area contributed by atoms with Crippen molar-refractivity contribution in [3.05, 3.63) is 68.0 Å². The molecule has 0 aliphatic carbocycles. The van der Waals surface area contributed by atoms with Gasteiger partial charge in [-0.25, -0.2) is 8.42 Å². The number of aromatic nitrogens is 1. The lowest BCUT2D eigenvalue weighted by atomic mass is 9.91. The van der Waals surface area contributed by atoms with Crippen LogP contribution in [0.15, 0.2) is 28.9 Å². The van der Waals surface area contributed by atoms with Crippen LogP contribution in [0.5, 0.6) is 0 Å². The second-order valence-corrected chi connectivity index (χ2v) is 10.5. The van der Waals surface area contributed by atoms with E-state index in [1.165, 1.54) is 6.07 Å². The number of nitrogens with zero attached hydrogens (tertiary/aromatic N) is 1. The molecule has 1 saturated heterocycles. The molecule has 190 valence electrons. The number of pyridine rings is 1. The topological polar surface area (TPSA) is 135 Å². The molecule has 10 heteroatoms. The van der Waals surface area contributed by atoms with Gasteiger partial charge < -0.3 is 20.4 Å². The molecule has 1 aliphatic rings. The number of H-pyrrole nitrogens is 1. The zero-order valence-electron chi connectivity index (χ0n) is 20.7. The Morgan fingerprint density at radius 3 is 2.46 bits per heavy atom. The third-order valence-corrected chi connectivity index (χ3v) is 7.45. The number of anilines is 2. The van der Waals surface area contributed by atoms with Crippen molar-refractivity contribution in [3.8, 4) is 0 Å². The Hall–Kier alpha value is -3.11. The standard InChI is InChI=1S/C25H34N4O5S/c1-6-29(18-8-10-34-11-9-18)23-17(5)20(24(26)30)14-22(28-35(32,33)7-2)21(23)13-19-15(3)12-16(4)27-25(19)31/h7,12,14,18,28H,2,6,8-11,13H2,1,3-5H3,(H2,26,30)(H,27,31). The van der Waals surface area contributed by atoms with E-state index in [-0.39, 0.29) is 29.3 Å². The molecule has 0 unspecified atom stereocenters. The van der Waals surface area contributed by atoms with Crippen LogP contribution in [0, 0.1) is 20.8 Å². The summed E-state index contributed by atoms with van der Waals surface area (Å²) in [6, 6.07) is 3.45. The maximum absolute atomic E-state index is 12.9. The van der Waals surface area contributed by atoms with Crippen molar-refractivity contribution in [2.45, 2.75) is 53.0 Å². The number of nitrogens with two attached hydrogens (primary N) is 1. The van der Waals surface area contributed by atoms with Crippen molar-refractivity contribution in [2.75, 3.05) is 29.4 Å². The van der Waals surface area contributed by atoms with E-state index < -0.39 is 15.9 Å². The number of rotatable bonds is 9. The van der Waals surface area contributed by atoms with Crippen LogP contribution in [0.3, 0.4) is 0 Å². The highest BCUT2D eigenvalue weighted by Gasteiger charge is 2.29. The summed E-state index contributed by atoms with van der Waals surface area (Å²) in [5.41, 5.74) is 9.88. The van der Waals surface area contributed by atoms with Gasteiger partial charge in [-0.05, 0) is 63.8 Å². The first kappa shape index (κ1) is 26.5. The van der Waals surface area contributed by atoms with Crippen LogP contribution in [-0.4, -0.2) is 45.1 Å². The number of benzene rings is 1. The van der Waals surface area contributed by atoms with Gasteiger partial charge in [-0.3, -0.25) is 14.3 Å². The summed E-state index contributed by atoms with van der Waals surface area (Å²) in [6.07, 6.45) is 1.72. The van der Waals surface area contributed by atoms with E-state index in [1.807, 2.05) is 26.8 Å². The lowest BCUT2D eigenvalue weighted by molar-refractivity contribution is 0.0845. The fourth-order valence-electron chi connectivity index (χ4n) is 4.80. The Labute approximate surface area is 206 Å². The maximum atomic E-state index is 12.9. The summed E-state index contributed by atoms with van der Waals surface area (Å²) in [4.78, 5) is 30.3. The number of aryl methyl sites for hydroxylation is 2. The Morgan fingerprint density at radius 1 is 1.26 bits per heavy atom. The quantitative estimate of drug-likeness (QED) is 0.483. The smallest absolute Gasteiger partial charge is 0.254 e. The predicted molar refractivity (Wildman–Crippen MR) is 139 cm³/mol. The number of carbonyl (C=O) groups is 1. The molecule has 1 aromatic carbocycles. The van der Waals surface area contributed by atoms with Gasteiger partial charge >= 0.3 is 0 Å². The highest BCUT2D eigenvalue weighted by atomic mass is 32.2. The summed E-state index contributed by atoms with van der Waals surface area (Å²) in [7, 11) is -3.91. The molecule has 35 heavy (non-hydrogen) atoms. The minimum Gasteiger partial charge on any atom is -0.381 e. The highest BCUT2D eigenvalue weighted by Crippen LogP contribution is 2.38. The minimum absolute atomic E-state index is 0.121. The van der Waals surface area contributed by atoms with Crippen LogP contribution in [0.1, 0.15) is 58.1 Å². The van der Waals surface area contributed by atoms with Crippen molar-refractivity contribution in [1.82, 2.24) is 4.98 Å². The normalized spacial score (nSPS) is 14.5. The fourth-order valence-corrected chi connectivity index (χ4v) is 5.38. The van der Waals surface area contributed by atoms with E-state index in [4.69, 9.17) is 10.5 Å². The van der Waals surface area contributed by atoms with Gasteiger partial charge in [-0.2, -0.15) is 0 Å². The second-order valence-electron chi connectivity index (χ2n) is 8.85. The average Bonchev–Trinajstić information content (AvgIpc) is 2.79. The Balaban J connectivity index is 2.35. The van der Waals surface area contributed by atoms with Gasteiger partial charge in [0.2, 0.25) is 5.91 Å². The van der Waals surface area contributed by atoms with Crippen LogP contribution in [-0.2, 0) is 21.2 Å². The van der Waals surface area contributed by atoms with Crippen LogP contribution in [0.4, 0.5) is 11.4 Å². The molecule has 0 saturated carbocycles. The molecule has 2 heterocycles. The molecule has 1 amide bonds. The van der Waals surface area contributed by atoms with E-state index in [2.05, 4.69) is 21.2 Å². The van der Waals surface area contributed by atoms with Crippen LogP contribution >= 0.6 is 0 Å². The highest BCUT2D eigenvalue weighted by molar-refractivity contribution is 7.95. The average molecular weight is 503 g/mol. The number of carbonyl (C=O) groups excluding carboxylic acids is 1. The molecular formula is C25H34N4O5S. The van der Waals surface area contributed by atoms with Crippen LogP contribution in [0.2, 0.25) is 0 Å². The molecule has 0 radical (unpaired) electrons. The number of aromatic amines is 1. The maximum Gasteiger partial charge on any atom is 0.254 e. The first-order chi connectivity index (χ1) is 16.5. The van der Waals surface area contributed by atoms with E-state index in [0.717, 1.165) is 29.5 Å². The zero-order valence-corrected chi connectivity index (χ0v) is 21.5. The lowest BCUT2D eigenvalue weighted by Gasteiger charge is -2.38. The summed E-state index contributed by atoms with van der Waals surface area (Å²) >= 11 is 0. The Bertz CT molecular complexity index is 1290. The molecule has 1 aliphatic heterocycles. The molecule has 1 aromatic heterocycles. The lowest BCUT2D eigenvalue weighted by Crippen LogP contribution is -2.41. The second kappa shape index (κ2) is 10.7. The van der Waals surface area contributed by atoms with Gasteiger partial charge in [0.15, 0.2) is 0 Å². The number of sulfonamides is 1. The van der Waals surface area contributed by atoms with Crippen LogP contribution in [0.25, 0.3) is 0 Å². The monoisotopic (exact) mass is 502 g/mol. The number of amides is 1. The van der Waals surface area contributed by atoms with Crippen LogP contribution < -0.4 is 20.9 Å². The molecule has 1 fully saturated rings. The summed E-state index contributed by atoms with van der Waals surface area (Å²) in [5.74, 6) is -0.665. The van der Waals surface area contributed by atoms with E-state index >= 15 is 0 Å². The molecule has 9 nitrogen and oxygen atoms in total. The van der Waals surface area contributed by atoms with Crippen molar-refractivity contribution in [3.63, 3.8) is 0 Å². The number of ether oxygens (including phenoxy) is 1. The molecule has 3 rings (SSSR count). The molecule has 4 N–H and O–H groups in total. The summed E-state index contributed by atoms with van der Waals surface area (Å²) < 4.78 is 33.1. The number of hydrogen-bond donors (Lipinski definition) is 3. The minimum atomic E-state index is -3.91. The van der Waals surface area contributed by atoms with Gasteiger partial charge in [0.05, 0.1) is 5.69 Å². The van der Waals surface area contributed by atoms with Crippen molar-refractivity contribution >= 4 is 27.3 Å². The van der Waals surface area contributed by atoms with Gasteiger partial charge in [0.25, 0.3) is 15.6 Å². The zero-order chi connectivity index (χ0) is 25.9. The van der Waals surface area contributed by atoms with E-state index in [1.54, 1.807) is 6.92 Å².